The van der Waals surface area contributed by atoms with Gasteiger partial charge in [-0.25, -0.2) is 0 Å². The number of carbonyl (C=O) groups excluding carboxylic acids is 1. The molecule has 5 nitrogen and oxygen atoms in total. The van der Waals surface area contributed by atoms with Crippen LogP contribution < -0.4 is 0 Å². The van der Waals surface area contributed by atoms with Crippen molar-refractivity contribution < 1.29 is 4.79 Å². The summed E-state index contributed by atoms with van der Waals surface area (Å²) >= 11 is 0. The molecular formula is C17H16N4O. The van der Waals surface area contributed by atoms with E-state index in [1.165, 1.54) is 0 Å². The van der Waals surface area contributed by atoms with Gasteiger partial charge in [-0.05, 0) is 30.5 Å². The molecule has 3 aromatic rings. The normalized spacial score (nSPS) is 14.2. The Morgan fingerprint density at radius 1 is 1.23 bits per heavy atom. The number of aromatic nitrogens is 3. The number of para-hydroxylation sites is 1. The Morgan fingerprint density at radius 3 is 2.86 bits per heavy atom. The lowest BCUT2D eigenvalue weighted by Gasteiger charge is -2.21. The first-order valence-electron chi connectivity index (χ1n) is 7.46. The van der Waals surface area contributed by atoms with Gasteiger partial charge in [0.15, 0.2) is 5.69 Å². The number of fused-ring (bicyclic) bond motifs is 1. The van der Waals surface area contributed by atoms with Crippen LogP contribution in [0.15, 0.2) is 48.8 Å². The van der Waals surface area contributed by atoms with Crippen LogP contribution in [-0.4, -0.2) is 32.0 Å². The number of hydrogen-bond donors (Lipinski definition) is 1. The summed E-state index contributed by atoms with van der Waals surface area (Å²) in [6.07, 6.45) is 5.68. The fraction of sp³-hybridized carbons (Fsp3) is 0.235. The highest BCUT2D eigenvalue weighted by atomic mass is 16.2. The molecule has 110 valence electrons. The highest BCUT2D eigenvalue weighted by molar-refractivity contribution is 6.04. The Labute approximate surface area is 128 Å². The second-order valence-electron chi connectivity index (χ2n) is 5.64. The summed E-state index contributed by atoms with van der Waals surface area (Å²) in [6, 6.07) is 11.9. The molecule has 0 unspecified atom stereocenters. The molecule has 22 heavy (non-hydrogen) atoms. The van der Waals surface area contributed by atoms with E-state index in [1.54, 1.807) is 6.20 Å². The topological polar surface area (TPSA) is 61.9 Å². The molecule has 0 saturated heterocycles. The zero-order chi connectivity index (χ0) is 14.9. The summed E-state index contributed by atoms with van der Waals surface area (Å²) in [5.41, 5.74) is 2.44. The molecule has 4 rings (SSSR count). The molecule has 1 aromatic carbocycles. The molecule has 1 N–H and O–H groups in total. The van der Waals surface area contributed by atoms with Crippen molar-refractivity contribution in [1.29, 1.82) is 0 Å². The van der Waals surface area contributed by atoms with E-state index >= 15 is 0 Å². The largest absolute Gasteiger partial charge is 0.330 e. The van der Waals surface area contributed by atoms with Crippen molar-refractivity contribution in [1.82, 2.24) is 20.1 Å². The van der Waals surface area contributed by atoms with Crippen molar-refractivity contribution in [3.05, 3.63) is 60.0 Å². The molecule has 0 aliphatic heterocycles. The predicted octanol–water partition coefficient (Wildman–Crippen LogP) is 2.76. The number of hydrogen-bond acceptors (Lipinski definition) is 3. The molecular weight excluding hydrogens is 276 g/mol. The zero-order valence-corrected chi connectivity index (χ0v) is 12.1. The summed E-state index contributed by atoms with van der Waals surface area (Å²) in [5.74, 6) is -0.0104. The quantitative estimate of drug-likeness (QED) is 0.804. The lowest BCUT2D eigenvalue weighted by molar-refractivity contribution is 0.0725. The van der Waals surface area contributed by atoms with E-state index in [4.69, 9.17) is 0 Å². The summed E-state index contributed by atoms with van der Waals surface area (Å²) in [4.78, 5) is 19.0. The molecule has 0 radical (unpaired) electrons. The van der Waals surface area contributed by atoms with Crippen LogP contribution in [0, 0.1) is 0 Å². The third kappa shape index (κ3) is 2.35. The van der Waals surface area contributed by atoms with Gasteiger partial charge >= 0.3 is 0 Å². The van der Waals surface area contributed by atoms with Crippen LogP contribution in [0.25, 0.3) is 10.9 Å². The lowest BCUT2D eigenvalue weighted by Crippen LogP contribution is -2.33. The first-order valence-corrected chi connectivity index (χ1v) is 7.46. The van der Waals surface area contributed by atoms with Crippen molar-refractivity contribution in [2.75, 3.05) is 0 Å². The fourth-order valence-electron chi connectivity index (χ4n) is 2.70. The van der Waals surface area contributed by atoms with Crippen LogP contribution in [0.3, 0.4) is 0 Å². The van der Waals surface area contributed by atoms with Crippen molar-refractivity contribution >= 4 is 16.8 Å². The van der Waals surface area contributed by atoms with Gasteiger partial charge < -0.3 is 4.90 Å². The van der Waals surface area contributed by atoms with Crippen LogP contribution in [-0.2, 0) is 6.54 Å². The number of H-pyrrole nitrogens is 1. The number of carbonyl (C=O) groups is 1. The molecule has 1 amide bonds. The number of pyridine rings is 1. The Bertz CT molecular complexity index is 808. The lowest BCUT2D eigenvalue weighted by atomic mass is 10.2. The van der Waals surface area contributed by atoms with E-state index in [9.17, 15) is 4.79 Å². The van der Waals surface area contributed by atoms with Crippen molar-refractivity contribution in [3.63, 3.8) is 0 Å². The van der Waals surface area contributed by atoms with Crippen molar-refractivity contribution in [3.8, 4) is 0 Å². The minimum atomic E-state index is -0.0104. The number of amides is 1. The van der Waals surface area contributed by atoms with Crippen molar-refractivity contribution in [2.24, 2.45) is 0 Å². The molecule has 1 aliphatic carbocycles. The number of aromatic amines is 1. The van der Waals surface area contributed by atoms with Gasteiger partial charge in [-0.1, -0.05) is 24.3 Å². The van der Waals surface area contributed by atoms with Gasteiger partial charge in [0, 0.05) is 30.4 Å². The maximum Gasteiger partial charge on any atom is 0.275 e. The number of nitrogens with one attached hydrogen (secondary N) is 1. The van der Waals surface area contributed by atoms with Gasteiger partial charge in [-0.15, -0.1) is 0 Å². The molecule has 2 aromatic heterocycles. The van der Waals surface area contributed by atoms with E-state index < -0.39 is 0 Å². The average molecular weight is 292 g/mol. The summed E-state index contributed by atoms with van der Waals surface area (Å²) in [6.45, 7) is 0.582. The van der Waals surface area contributed by atoms with Gasteiger partial charge in [-0.3, -0.25) is 14.9 Å². The number of benzene rings is 1. The third-order valence-electron chi connectivity index (χ3n) is 4.00. The summed E-state index contributed by atoms with van der Waals surface area (Å²) < 4.78 is 0. The average Bonchev–Trinajstić information content (AvgIpc) is 3.31. The standard InChI is InChI=1S/C17H16N4O/c22-17(16-14-5-1-2-6-15(14)19-20-16)21(13-7-8-13)11-12-4-3-9-18-10-12/h1-6,9-10,13H,7-8,11H2,(H,19,20). The van der Waals surface area contributed by atoms with Gasteiger partial charge in [0.25, 0.3) is 5.91 Å². The van der Waals surface area contributed by atoms with Crippen LogP contribution in [0.4, 0.5) is 0 Å². The maximum atomic E-state index is 12.9. The minimum Gasteiger partial charge on any atom is -0.330 e. The molecule has 1 saturated carbocycles. The van der Waals surface area contributed by atoms with Crippen LogP contribution in [0.1, 0.15) is 28.9 Å². The second kappa shape index (κ2) is 5.26. The number of rotatable bonds is 4. The first-order chi connectivity index (χ1) is 10.8. The monoisotopic (exact) mass is 292 g/mol. The van der Waals surface area contributed by atoms with Crippen LogP contribution >= 0.6 is 0 Å². The first kappa shape index (κ1) is 13.0. The molecule has 0 bridgehead atoms. The smallest absolute Gasteiger partial charge is 0.275 e. The van der Waals surface area contributed by atoms with Gasteiger partial charge in [0.05, 0.1) is 5.52 Å². The van der Waals surface area contributed by atoms with E-state index in [-0.39, 0.29) is 5.91 Å². The van der Waals surface area contributed by atoms with Gasteiger partial charge in [-0.2, -0.15) is 5.10 Å². The van der Waals surface area contributed by atoms with E-state index in [1.807, 2.05) is 47.5 Å². The molecule has 2 heterocycles. The van der Waals surface area contributed by atoms with Crippen molar-refractivity contribution in [2.45, 2.75) is 25.4 Å². The Morgan fingerprint density at radius 2 is 2.09 bits per heavy atom. The van der Waals surface area contributed by atoms with Crippen LogP contribution in [0.2, 0.25) is 0 Å². The second-order valence-corrected chi connectivity index (χ2v) is 5.64. The van der Waals surface area contributed by atoms with E-state index in [0.717, 1.165) is 29.3 Å². The molecule has 5 heteroatoms. The molecule has 0 spiro atoms. The Hall–Kier alpha value is -2.69. The van der Waals surface area contributed by atoms with Gasteiger partial charge in [0.2, 0.25) is 0 Å². The van der Waals surface area contributed by atoms with Crippen LogP contribution in [0.5, 0.6) is 0 Å². The SMILES string of the molecule is O=C(c1n[nH]c2ccccc12)N(Cc1cccnc1)C1CC1. The van der Waals surface area contributed by atoms with Gasteiger partial charge in [0.1, 0.15) is 0 Å². The maximum absolute atomic E-state index is 12.9. The van der Waals surface area contributed by atoms with E-state index in [2.05, 4.69) is 15.2 Å². The highest BCUT2D eigenvalue weighted by Gasteiger charge is 2.34. The Balaban J connectivity index is 1.66. The summed E-state index contributed by atoms with van der Waals surface area (Å²) in [5, 5.41) is 8.05. The molecule has 0 atom stereocenters. The Kier molecular flexibility index (Phi) is 3.11. The third-order valence-corrected chi connectivity index (χ3v) is 4.00. The zero-order valence-electron chi connectivity index (χ0n) is 12.1. The minimum absolute atomic E-state index is 0.0104. The highest BCUT2D eigenvalue weighted by Crippen LogP contribution is 2.30. The number of nitrogens with zero attached hydrogens (tertiary/aromatic N) is 3. The predicted molar refractivity (Wildman–Crippen MR) is 83.2 cm³/mol. The summed E-state index contributed by atoms with van der Waals surface area (Å²) in [7, 11) is 0. The molecule has 1 aliphatic rings. The fourth-order valence-corrected chi connectivity index (χ4v) is 2.70. The van der Waals surface area contributed by atoms with E-state index in [0.29, 0.717) is 18.3 Å². The molecule has 1 fully saturated rings.